The van der Waals surface area contributed by atoms with Gasteiger partial charge in [0.25, 0.3) is 0 Å². The fourth-order valence-corrected chi connectivity index (χ4v) is 1.67. The maximum Gasteiger partial charge on any atom is 0.123 e. The lowest BCUT2D eigenvalue weighted by molar-refractivity contribution is 0.268. The van der Waals surface area contributed by atoms with Gasteiger partial charge in [-0.15, -0.1) is 0 Å². The van der Waals surface area contributed by atoms with Crippen molar-refractivity contribution >= 4 is 0 Å². The van der Waals surface area contributed by atoms with Gasteiger partial charge in [0.05, 0.1) is 6.61 Å². The molecule has 0 heterocycles. The quantitative estimate of drug-likeness (QED) is 0.804. The third-order valence-electron chi connectivity index (χ3n) is 3.23. The maximum atomic E-state index is 12.8. The number of benzene rings is 1. The molecule has 1 atom stereocenters. The second-order valence-electron chi connectivity index (χ2n) is 4.63. The number of rotatable bonds is 5. The third kappa shape index (κ3) is 3.03. The van der Waals surface area contributed by atoms with Gasteiger partial charge in [-0.25, -0.2) is 4.39 Å². The molecule has 0 amide bonds. The summed E-state index contributed by atoms with van der Waals surface area (Å²) in [6.45, 7) is 6.99. The first-order chi connectivity index (χ1) is 7.48. The molecule has 1 rings (SSSR count). The number of nitrogens with one attached hydrogen (secondary N) is 1. The van der Waals surface area contributed by atoms with Crippen molar-refractivity contribution in [2.24, 2.45) is 0 Å². The highest BCUT2D eigenvalue weighted by Gasteiger charge is 2.27. The highest BCUT2D eigenvalue weighted by atomic mass is 19.1. The molecule has 2 N–H and O–H groups in total. The second kappa shape index (κ2) is 5.41. The van der Waals surface area contributed by atoms with Crippen LogP contribution in [-0.4, -0.2) is 24.3 Å². The van der Waals surface area contributed by atoms with Crippen LogP contribution in [0.1, 0.15) is 26.3 Å². The minimum atomic E-state index is -0.212. The lowest BCUT2D eigenvalue weighted by Crippen LogP contribution is -2.43. The molecular weight excluding hydrogens is 205 g/mol. The van der Waals surface area contributed by atoms with Crippen molar-refractivity contribution in [2.45, 2.75) is 32.2 Å². The summed E-state index contributed by atoms with van der Waals surface area (Å²) in [5, 5.41) is 12.0. The summed E-state index contributed by atoms with van der Waals surface area (Å²) in [6, 6.07) is 6.80. The van der Waals surface area contributed by atoms with Gasteiger partial charge in [-0.1, -0.05) is 26.0 Å². The van der Waals surface area contributed by atoms with Gasteiger partial charge in [0, 0.05) is 18.0 Å². The van der Waals surface area contributed by atoms with E-state index >= 15 is 0 Å². The molecule has 3 heteroatoms. The van der Waals surface area contributed by atoms with E-state index in [1.807, 2.05) is 12.1 Å². The van der Waals surface area contributed by atoms with Crippen LogP contribution < -0.4 is 5.32 Å². The van der Waals surface area contributed by atoms with Crippen molar-refractivity contribution in [3.63, 3.8) is 0 Å². The Morgan fingerprint density at radius 3 is 2.38 bits per heavy atom. The maximum absolute atomic E-state index is 12.8. The van der Waals surface area contributed by atoms with E-state index in [-0.39, 0.29) is 23.9 Å². The van der Waals surface area contributed by atoms with Crippen molar-refractivity contribution in [1.29, 1.82) is 0 Å². The number of aliphatic hydroxyl groups excluding tert-OH is 1. The van der Waals surface area contributed by atoms with Gasteiger partial charge in [0.15, 0.2) is 0 Å². The Balaban J connectivity index is 2.79. The van der Waals surface area contributed by atoms with Gasteiger partial charge < -0.3 is 10.4 Å². The van der Waals surface area contributed by atoms with Gasteiger partial charge >= 0.3 is 0 Å². The van der Waals surface area contributed by atoms with E-state index in [4.69, 9.17) is 5.11 Å². The Labute approximate surface area is 96.5 Å². The summed E-state index contributed by atoms with van der Waals surface area (Å²) in [4.78, 5) is 0. The first kappa shape index (κ1) is 13.1. The van der Waals surface area contributed by atoms with Crippen LogP contribution in [0.5, 0.6) is 0 Å². The molecule has 1 aromatic rings. The average Bonchev–Trinajstić information content (AvgIpc) is 2.26. The normalized spacial score (nSPS) is 13.8. The van der Waals surface area contributed by atoms with E-state index in [9.17, 15) is 4.39 Å². The molecule has 1 unspecified atom stereocenters. The molecule has 0 fully saturated rings. The van der Waals surface area contributed by atoms with Crippen LogP contribution >= 0.6 is 0 Å². The Hall–Kier alpha value is -0.930. The van der Waals surface area contributed by atoms with Crippen LogP contribution in [0.3, 0.4) is 0 Å². The molecule has 0 aliphatic carbocycles. The molecule has 0 saturated carbocycles. The van der Waals surface area contributed by atoms with Crippen molar-refractivity contribution in [3.8, 4) is 0 Å². The molecule has 0 aliphatic heterocycles. The Kier molecular flexibility index (Phi) is 4.44. The van der Waals surface area contributed by atoms with E-state index in [1.54, 1.807) is 0 Å². The zero-order valence-electron chi connectivity index (χ0n) is 10.1. The van der Waals surface area contributed by atoms with Crippen LogP contribution in [0.25, 0.3) is 0 Å². The van der Waals surface area contributed by atoms with E-state index in [0.29, 0.717) is 6.54 Å². The molecule has 1 aromatic carbocycles. The number of halogens is 1. The fraction of sp³-hybridized carbons (Fsp3) is 0.538. The molecule has 16 heavy (non-hydrogen) atoms. The topological polar surface area (TPSA) is 32.3 Å². The Bertz CT molecular complexity index is 321. The molecule has 0 bridgehead atoms. The third-order valence-corrected chi connectivity index (χ3v) is 3.23. The summed E-state index contributed by atoms with van der Waals surface area (Å²) < 4.78 is 12.8. The predicted molar refractivity (Wildman–Crippen MR) is 64.0 cm³/mol. The number of hydrogen-bond donors (Lipinski definition) is 2. The monoisotopic (exact) mass is 225 g/mol. The van der Waals surface area contributed by atoms with Crippen molar-refractivity contribution in [3.05, 3.63) is 35.6 Å². The molecule has 0 saturated heterocycles. The molecule has 0 aromatic heterocycles. The Morgan fingerprint density at radius 1 is 1.31 bits per heavy atom. The lowest BCUT2D eigenvalue weighted by atomic mass is 9.78. The standard InChI is InChI=1S/C13H20FNO/c1-10(15-8-9-16)13(2,3)11-4-6-12(14)7-5-11/h4-7,10,15-16H,8-9H2,1-3H3. The van der Waals surface area contributed by atoms with E-state index in [0.717, 1.165) is 5.56 Å². The van der Waals surface area contributed by atoms with E-state index in [1.165, 1.54) is 12.1 Å². The summed E-state index contributed by atoms with van der Waals surface area (Å²) >= 11 is 0. The van der Waals surface area contributed by atoms with Gasteiger partial charge in [-0.2, -0.15) is 0 Å². The van der Waals surface area contributed by atoms with Crippen LogP contribution in [-0.2, 0) is 5.41 Å². The van der Waals surface area contributed by atoms with Crippen LogP contribution in [0, 0.1) is 5.82 Å². The number of aliphatic hydroxyl groups is 1. The van der Waals surface area contributed by atoms with Crippen molar-refractivity contribution in [1.82, 2.24) is 5.32 Å². The Morgan fingerprint density at radius 2 is 1.88 bits per heavy atom. The van der Waals surface area contributed by atoms with Crippen LogP contribution in [0.4, 0.5) is 4.39 Å². The van der Waals surface area contributed by atoms with Crippen molar-refractivity contribution in [2.75, 3.05) is 13.2 Å². The largest absolute Gasteiger partial charge is 0.395 e. The molecule has 0 aliphatic rings. The predicted octanol–water partition coefficient (Wildman–Crippen LogP) is 2.07. The van der Waals surface area contributed by atoms with Crippen molar-refractivity contribution < 1.29 is 9.50 Å². The smallest absolute Gasteiger partial charge is 0.123 e. The van der Waals surface area contributed by atoms with Gasteiger partial charge in [0.1, 0.15) is 5.82 Å². The molecular formula is C13H20FNO. The van der Waals surface area contributed by atoms with Crippen LogP contribution in [0.2, 0.25) is 0 Å². The summed E-state index contributed by atoms with van der Waals surface area (Å²) in [5.74, 6) is -0.212. The highest BCUT2D eigenvalue weighted by Crippen LogP contribution is 2.27. The highest BCUT2D eigenvalue weighted by molar-refractivity contribution is 5.26. The summed E-state index contributed by atoms with van der Waals surface area (Å²) in [5.41, 5.74) is 0.995. The first-order valence-electron chi connectivity index (χ1n) is 5.58. The molecule has 90 valence electrons. The van der Waals surface area contributed by atoms with Gasteiger partial charge in [-0.05, 0) is 24.6 Å². The van der Waals surface area contributed by atoms with Crippen LogP contribution in [0.15, 0.2) is 24.3 Å². The second-order valence-corrected chi connectivity index (χ2v) is 4.63. The van der Waals surface area contributed by atoms with E-state index < -0.39 is 0 Å². The summed E-state index contributed by atoms with van der Waals surface area (Å²) in [6.07, 6.45) is 0. The minimum Gasteiger partial charge on any atom is -0.395 e. The minimum absolute atomic E-state index is 0.0944. The zero-order chi connectivity index (χ0) is 12.2. The SMILES string of the molecule is CC(NCCO)C(C)(C)c1ccc(F)cc1. The average molecular weight is 225 g/mol. The lowest BCUT2D eigenvalue weighted by Gasteiger charge is -2.33. The summed E-state index contributed by atoms with van der Waals surface area (Å²) in [7, 11) is 0. The molecule has 2 nitrogen and oxygen atoms in total. The molecule has 0 radical (unpaired) electrons. The first-order valence-corrected chi connectivity index (χ1v) is 5.58. The van der Waals surface area contributed by atoms with Gasteiger partial charge in [0.2, 0.25) is 0 Å². The molecule has 0 spiro atoms. The van der Waals surface area contributed by atoms with E-state index in [2.05, 4.69) is 26.1 Å². The zero-order valence-corrected chi connectivity index (χ0v) is 10.1. The number of hydrogen-bond acceptors (Lipinski definition) is 2. The van der Waals surface area contributed by atoms with Gasteiger partial charge in [-0.3, -0.25) is 0 Å². The fourth-order valence-electron chi connectivity index (χ4n) is 1.67.